The van der Waals surface area contributed by atoms with Gasteiger partial charge in [0.1, 0.15) is 5.75 Å². The molecule has 0 amide bonds. The number of methoxy groups -OCH3 is 1. The molecule has 5 nitrogen and oxygen atoms in total. The minimum Gasteiger partial charge on any atom is -0.496 e. The quantitative estimate of drug-likeness (QED) is 0.879. The maximum atomic E-state index is 10.9. The van der Waals surface area contributed by atoms with Gasteiger partial charge in [0.05, 0.1) is 31.2 Å². The van der Waals surface area contributed by atoms with Crippen LogP contribution in [0.5, 0.6) is 5.75 Å². The molecule has 0 aliphatic carbocycles. The third-order valence-electron chi connectivity index (χ3n) is 3.17. The van der Waals surface area contributed by atoms with Gasteiger partial charge in [0.25, 0.3) is 0 Å². The molecule has 0 radical (unpaired) electrons. The van der Waals surface area contributed by atoms with Crippen molar-refractivity contribution in [3.05, 3.63) is 35.8 Å². The van der Waals surface area contributed by atoms with Gasteiger partial charge in [0.15, 0.2) is 0 Å². The Kier molecular flexibility index (Phi) is 4.08. The molecule has 0 fully saturated rings. The molecule has 0 saturated carbocycles. The number of nitrogens with one attached hydrogen (secondary N) is 1. The molecule has 5 heteroatoms. The van der Waals surface area contributed by atoms with Gasteiger partial charge in [-0.2, -0.15) is 0 Å². The summed E-state index contributed by atoms with van der Waals surface area (Å²) in [6.45, 7) is 4.18. The molecule has 0 unspecified atom stereocenters. The average molecular weight is 274 g/mol. The molecule has 0 saturated heterocycles. The predicted octanol–water partition coefficient (Wildman–Crippen LogP) is 2.84. The molecular formula is C15H18N2O3. The first-order chi connectivity index (χ1) is 9.52. The molecule has 0 bridgehead atoms. The van der Waals surface area contributed by atoms with Crippen LogP contribution in [-0.4, -0.2) is 28.2 Å². The number of rotatable bonds is 5. The second-order valence-electron chi connectivity index (χ2n) is 4.91. The van der Waals surface area contributed by atoms with Gasteiger partial charge in [-0.25, -0.2) is 4.98 Å². The summed E-state index contributed by atoms with van der Waals surface area (Å²) in [6, 6.07) is 5.79. The Balaban J connectivity index is 2.46. The molecule has 0 atom stereocenters. The summed E-state index contributed by atoms with van der Waals surface area (Å²) in [6.07, 6.45) is 1.45. The van der Waals surface area contributed by atoms with Crippen LogP contribution in [0.15, 0.2) is 24.5 Å². The molecule has 2 N–H and O–H groups in total. The van der Waals surface area contributed by atoms with E-state index in [0.717, 1.165) is 16.9 Å². The first kappa shape index (κ1) is 14.1. The second-order valence-corrected chi connectivity index (χ2v) is 4.91. The molecule has 2 rings (SSSR count). The number of ether oxygens (including phenoxy) is 1. The Morgan fingerprint density at radius 1 is 1.45 bits per heavy atom. The van der Waals surface area contributed by atoms with E-state index >= 15 is 0 Å². The molecular weight excluding hydrogens is 256 g/mol. The monoisotopic (exact) mass is 274 g/mol. The average Bonchev–Trinajstić information content (AvgIpc) is 2.85. The van der Waals surface area contributed by atoms with Crippen molar-refractivity contribution >= 4 is 5.97 Å². The maximum Gasteiger partial charge on any atom is 0.309 e. The normalized spacial score (nSPS) is 10.8. The summed E-state index contributed by atoms with van der Waals surface area (Å²) in [4.78, 5) is 18.0. The van der Waals surface area contributed by atoms with Crippen LogP contribution in [0.25, 0.3) is 11.3 Å². The SMILES string of the molecule is COc1ccc(-c2nc[nH]c2CC(=O)O)cc1C(C)C. The van der Waals surface area contributed by atoms with Gasteiger partial charge in [-0.05, 0) is 29.7 Å². The van der Waals surface area contributed by atoms with Gasteiger partial charge in [-0.15, -0.1) is 0 Å². The lowest BCUT2D eigenvalue weighted by atomic mass is 9.97. The number of aromatic nitrogens is 2. The number of nitrogens with zero attached hydrogens (tertiary/aromatic N) is 1. The van der Waals surface area contributed by atoms with Crippen LogP contribution in [0.4, 0.5) is 0 Å². The van der Waals surface area contributed by atoms with Gasteiger partial charge in [-0.3, -0.25) is 4.79 Å². The van der Waals surface area contributed by atoms with E-state index in [1.807, 2.05) is 18.2 Å². The van der Waals surface area contributed by atoms with Crippen molar-refractivity contribution in [3.8, 4) is 17.0 Å². The number of carbonyl (C=O) groups is 1. The Morgan fingerprint density at radius 3 is 2.80 bits per heavy atom. The van der Waals surface area contributed by atoms with Gasteiger partial charge in [0.2, 0.25) is 0 Å². The van der Waals surface area contributed by atoms with E-state index in [4.69, 9.17) is 9.84 Å². The highest BCUT2D eigenvalue weighted by Gasteiger charge is 2.14. The third-order valence-corrected chi connectivity index (χ3v) is 3.17. The predicted molar refractivity (Wildman–Crippen MR) is 76.0 cm³/mol. The van der Waals surface area contributed by atoms with Gasteiger partial charge in [0, 0.05) is 5.56 Å². The summed E-state index contributed by atoms with van der Waals surface area (Å²) < 4.78 is 5.35. The molecule has 106 valence electrons. The van der Waals surface area contributed by atoms with Crippen molar-refractivity contribution in [2.24, 2.45) is 0 Å². The van der Waals surface area contributed by atoms with E-state index in [0.29, 0.717) is 17.3 Å². The van der Waals surface area contributed by atoms with Gasteiger partial charge in [-0.1, -0.05) is 13.8 Å². The van der Waals surface area contributed by atoms with Gasteiger partial charge < -0.3 is 14.8 Å². The number of hydrogen-bond donors (Lipinski definition) is 2. The van der Waals surface area contributed by atoms with Crippen molar-refractivity contribution in [2.75, 3.05) is 7.11 Å². The highest BCUT2D eigenvalue weighted by molar-refractivity contribution is 5.74. The van der Waals surface area contributed by atoms with Crippen molar-refractivity contribution in [1.29, 1.82) is 0 Å². The number of imidazole rings is 1. The van der Waals surface area contributed by atoms with E-state index in [1.54, 1.807) is 7.11 Å². The van der Waals surface area contributed by atoms with E-state index < -0.39 is 5.97 Å². The van der Waals surface area contributed by atoms with Crippen LogP contribution >= 0.6 is 0 Å². The lowest BCUT2D eigenvalue weighted by molar-refractivity contribution is -0.136. The van der Waals surface area contributed by atoms with Crippen molar-refractivity contribution in [3.63, 3.8) is 0 Å². The second kappa shape index (κ2) is 5.77. The number of carboxylic acid groups (broad SMARTS) is 1. The topological polar surface area (TPSA) is 75.2 Å². The van der Waals surface area contributed by atoms with E-state index in [2.05, 4.69) is 23.8 Å². The Hall–Kier alpha value is -2.30. The number of benzene rings is 1. The zero-order chi connectivity index (χ0) is 14.7. The Morgan fingerprint density at radius 2 is 2.20 bits per heavy atom. The zero-order valence-electron chi connectivity index (χ0n) is 11.8. The summed E-state index contributed by atoms with van der Waals surface area (Å²) >= 11 is 0. The molecule has 0 aliphatic rings. The van der Waals surface area contributed by atoms with Crippen LogP contribution in [0.3, 0.4) is 0 Å². The molecule has 0 spiro atoms. The smallest absolute Gasteiger partial charge is 0.309 e. The summed E-state index contributed by atoms with van der Waals surface area (Å²) in [5.41, 5.74) is 3.26. The standard InChI is InChI=1S/C15H18N2O3/c1-9(2)11-6-10(4-5-13(11)20-3)15-12(7-14(18)19)16-8-17-15/h4-6,8-9H,7H2,1-3H3,(H,16,17)(H,18,19). The van der Waals surface area contributed by atoms with Crippen LogP contribution < -0.4 is 4.74 Å². The number of carboxylic acids is 1. The number of aromatic amines is 1. The van der Waals surface area contributed by atoms with E-state index in [-0.39, 0.29) is 6.42 Å². The zero-order valence-corrected chi connectivity index (χ0v) is 11.8. The van der Waals surface area contributed by atoms with Crippen LogP contribution in [0.1, 0.15) is 31.0 Å². The Bertz CT molecular complexity index is 617. The molecule has 1 aromatic carbocycles. The lowest BCUT2D eigenvalue weighted by Crippen LogP contribution is -2.02. The van der Waals surface area contributed by atoms with E-state index in [1.165, 1.54) is 6.33 Å². The highest BCUT2D eigenvalue weighted by atomic mass is 16.5. The molecule has 1 heterocycles. The first-order valence-corrected chi connectivity index (χ1v) is 6.45. The number of aliphatic carboxylic acids is 1. The Labute approximate surface area is 117 Å². The van der Waals surface area contributed by atoms with E-state index in [9.17, 15) is 4.79 Å². The van der Waals surface area contributed by atoms with Crippen LogP contribution in [0.2, 0.25) is 0 Å². The number of hydrogen-bond acceptors (Lipinski definition) is 3. The molecule has 2 aromatic rings. The number of H-pyrrole nitrogens is 1. The first-order valence-electron chi connectivity index (χ1n) is 6.45. The minimum atomic E-state index is -0.881. The summed E-state index contributed by atoms with van der Waals surface area (Å²) in [5.74, 6) is 0.263. The highest BCUT2D eigenvalue weighted by Crippen LogP contribution is 2.31. The van der Waals surface area contributed by atoms with Crippen molar-refractivity contribution < 1.29 is 14.6 Å². The summed E-state index contributed by atoms with van der Waals surface area (Å²) in [7, 11) is 1.64. The lowest BCUT2D eigenvalue weighted by Gasteiger charge is -2.13. The fraction of sp³-hybridized carbons (Fsp3) is 0.333. The van der Waals surface area contributed by atoms with Crippen molar-refractivity contribution in [1.82, 2.24) is 9.97 Å². The summed E-state index contributed by atoms with van der Waals surface area (Å²) in [5, 5.41) is 8.91. The largest absolute Gasteiger partial charge is 0.496 e. The fourth-order valence-electron chi connectivity index (χ4n) is 2.19. The minimum absolute atomic E-state index is 0.0711. The van der Waals surface area contributed by atoms with Crippen molar-refractivity contribution in [2.45, 2.75) is 26.2 Å². The molecule has 1 aromatic heterocycles. The molecule has 0 aliphatic heterocycles. The third kappa shape index (κ3) is 2.82. The fourth-order valence-corrected chi connectivity index (χ4v) is 2.19. The molecule has 20 heavy (non-hydrogen) atoms. The van der Waals surface area contributed by atoms with Crippen LogP contribution in [0, 0.1) is 0 Å². The maximum absolute atomic E-state index is 10.9. The van der Waals surface area contributed by atoms with Crippen LogP contribution in [-0.2, 0) is 11.2 Å². The van der Waals surface area contributed by atoms with Gasteiger partial charge >= 0.3 is 5.97 Å².